The summed E-state index contributed by atoms with van der Waals surface area (Å²) in [7, 11) is 0. The molecule has 6 nitrogen and oxygen atoms in total. The molecule has 2 aliphatic carbocycles. The summed E-state index contributed by atoms with van der Waals surface area (Å²) in [4.78, 5) is 26.7. The van der Waals surface area contributed by atoms with Crippen molar-refractivity contribution in [3.63, 3.8) is 0 Å². The van der Waals surface area contributed by atoms with E-state index in [1.807, 2.05) is 42.5 Å². The number of Topliss-reactive ketones (excluding diaryl/α,β-unsaturated/α-hetero) is 1. The molecule has 1 heterocycles. The van der Waals surface area contributed by atoms with Gasteiger partial charge in [0.25, 0.3) is 0 Å². The van der Waals surface area contributed by atoms with Crippen LogP contribution in [-0.4, -0.2) is 21.5 Å². The van der Waals surface area contributed by atoms with E-state index in [-0.39, 0.29) is 11.1 Å². The highest BCUT2D eigenvalue weighted by Crippen LogP contribution is 2.38. The summed E-state index contributed by atoms with van der Waals surface area (Å²) in [5.41, 5.74) is 4.64. The molecule has 1 atom stereocenters. The lowest BCUT2D eigenvalue weighted by molar-refractivity contribution is -0.117. The molecule has 178 valence electrons. The lowest BCUT2D eigenvalue weighted by Crippen LogP contribution is -2.34. The molecule has 1 aromatic heterocycles. The first-order valence-electron chi connectivity index (χ1n) is 11.9. The molecule has 0 saturated carbocycles. The van der Waals surface area contributed by atoms with Gasteiger partial charge >= 0.3 is 0 Å². The normalized spacial score (nSPS) is 15.0. The molecular formula is C30H26N4O2. The van der Waals surface area contributed by atoms with Crippen LogP contribution < -0.4 is 15.9 Å². The Balaban J connectivity index is 1.68. The number of anilines is 1. The van der Waals surface area contributed by atoms with Crippen molar-refractivity contribution < 1.29 is 9.59 Å². The minimum atomic E-state index is -1.52. The molecule has 36 heavy (non-hydrogen) atoms. The van der Waals surface area contributed by atoms with Gasteiger partial charge in [0.2, 0.25) is 11.7 Å². The molecule has 0 fully saturated rings. The van der Waals surface area contributed by atoms with E-state index in [0.717, 1.165) is 22.2 Å². The van der Waals surface area contributed by atoms with Crippen molar-refractivity contribution in [1.82, 2.24) is 9.78 Å². The Bertz CT molecular complexity index is 1600. The maximum Gasteiger partial charge on any atom is 0.249 e. The molecule has 0 radical (unpaired) electrons. The number of nitrogens with zero attached hydrogens (tertiary/aromatic N) is 3. The monoisotopic (exact) mass is 474 g/mol. The van der Waals surface area contributed by atoms with Crippen LogP contribution in [0.1, 0.15) is 37.7 Å². The van der Waals surface area contributed by atoms with Crippen LogP contribution in [0.3, 0.4) is 0 Å². The first kappa shape index (κ1) is 23.3. The summed E-state index contributed by atoms with van der Waals surface area (Å²) >= 11 is 0. The number of hydrogen-bond donors (Lipinski definition) is 1. The zero-order valence-electron chi connectivity index (χ0n) is 20.4. The largest absolute Gasteiger partial charge is 0.325 e. The average molecular weight is 475 g/mol. The zero-order valence-corrected chi connectivity index (χ0v) is 20.4. The van der Waals surface area contributed by atoms with Gasteiger partial charge in [-0.05, 0) is 58.9 Å². The highest BCUT2D eigenvalue weighted by molar-refractivity contribution is 6.15. The number of allylic oxidation sites excluding steroid dienone is 4. The fourth-order valence-electron chi connectivity index (χ4n) is 4.76. The fourth-order valence-corrected chi connectivity index (χ4v) is 4.76. The molecule has 1 amide bonds. The zero-order chi connectivity index (χ0) is 25.4. The van der Waals surface area contributed by atoms with Gasteiger partial charge in [-0.1, -0.05) is 69.3 Å². The predicted octanol–water partition coefficient (Wildman–Crippen LogP) is 4.08. The van der Waals surface area contributed by atoms with Crippen LogP contribution in [0.4, 0.5) is 5.69 Å². The van der Waals surface area contributed by atoms with Gasteiger partial charge < -0.3 is 5.32 Å². The van der Waals surface area contributed by atoms with Crippen molar-refractivity contribution in [3.8, 4) is 11.8 Å². The number of carbonyl (C=O) groups is 2. The summed E-state index contributed by atoms with van der Waals surface area (Å²) in [6.45, 7) is 6.48. The van der Waals surface area contributed by atoms with E-state index < -0.39 is 17.6 Å². The van der Waals surface area contributed by atoms with Crippen LogP contribution >= 0.6 is 0 Å². The molecule has 1 unspecified atom stereocenters. The molecule has 2 aliphatic rings. The maximum atomic E-state index is 13.7. The Labute approximate surface area is 209 Å². The second-order valence-electron chi connectivity index (χ2n) is 9.94. The van der Waals surface area contributed by atoms with Crippen LogP contribution in [0.15, 0.2) is 84.0 Å². The molecule has 5 rings (SSSR count). The lowest BCUT2D eigenvalue weighted by Gasteiger charge is -2.26. The topological polar surface area (TPSA) is 87.8 Å². The second kappa shape index (κ2) is 8.94. The Kier molecular flexibility index (Phi) is 5.77. The van der Waals surface area contributed by atoms with E-state index in [1.54, 1.807) is 28.9 Å². The van der Waals surface area contributed by atoms with Crippen LogP contribution in [-0.2, 0) is 4.79 Å². The molecule has 0 spiro atoms. The van der Waals surface area contributed by atoms with Crippen LogP contribution in [0.2, 0.25) is 0 Å². The molecule has 0 saturated heterocycles. The minimum absolute atomic E-state index is 0.0998. The van der Waals surface area contributed by atoms with Gasteiger partial charge in [-0.15, -0.1) is 0 Å². The third-order valence-corrected chi connectivity index (χ3v) is 6.46. The molecule has 6 heteroatoms. The van der Waals surface area contributed by atoms with Crippen molar-refractivity contribution >= 4 is 29.0 Å². The highest BCUT2D eigenvalue weighted by Gasteiger charge is 2.34. The van der Waals surface area contributed by atoms with Crippen molar-refractivity contribution in [3.05, 3.63) is 100 Å². The van der Waals surface area contributed by atoms with Crippen molar-refractivity contribution in [2.75, 3.05) is 5.32 Å². The van der Waals surface area contributed by atoms with Gasteiger partial charge in [-0.25, -0.2) is 4.68 Å². The number of para-hydroxylation sites is 2. The Morgan fingerprint density at radius 1 is 1.06 bits per heavy atom. The third kappa shape index (κ3) is 3.99. The van der Waals surface area contributed by atoms with Crippen molar-refractivity contribution in [2.24, 2.45) is 11.3 Å². The minimum Gasteiger partial charge on any atom is -0.325 e. The Morgan fingerprint density at radius 2 is 1.72 bits per heavy atom. The Morgan fingerprint density at radius 3 is 2.36 bits per heavy atom. The number of fused-ring (bicyclic) bond motifs is 2. The summed E-state index contributed by atoms with van der Waals surface area (Å²) in [5, 5.41) is 18.7. The van der Waals surface area contributed by atoms with Gasteiger partial charge in [0, 0.05) is 10.9 Å². The molecule has 0 bridgehead atoms. The first-order valence-corrected chi connectivity index (χ1v) is 11.9. The lowest BCUT2D eigenvalue weighted by atomic mass is 9.78. The van der Waals surface area contributed by atoms with E-state index in [9.17, 15) is 14.9 Å². The Hall–Kier alpha value is -4.50. The number of carbonyl (C=O) groups excluding carboxylic acids is 2. The molecule has 1 N–H and O–H groups in total. The average Bonchev–Trinajstić information content (AvgIpc) is 3.42. The number of nitrogens with one attached hydrogen (secondary N) is 1. The van der Waals surface area contributed by atoms with Gasteiger partial charge in [0.15, 0.2) is 5.92 Å². The molecular weight excluding hydrogens is 448 g/mol. The van der Waals surface area contributed by atoms with Gasteiger partial charge in [-0.3, -0.25) is 9.59 Å². The molecule has 3 aromatic rings. The molecule has 0 aliphatic heterocycles. The van der Waals surface area contributed by atoms with E-state index in [0.29, 0.717) is 17.3 Å². The van der Waals surface area contributed by atoms with Crippen LogP contribution in [0.25, 0.3) is 17.3 Å². The van der Waals surface area contributed by atoms with Gasteiger partial charge in [0.1, 0.15) is 5.69 Å². The summed E-state index contributed by atoms with van der Waals surface area (Å²) in [5.74, 6) is -2.80. The van der Waals surface area contributed by atoms with Crippen molar-refractivity contribution in [2.45, 2.75) is 27.2 Å². The predicted molar refractivity (Wildman–Crippen MR) is 139 cm³/mol. The first-order chi connectivity index (χ1) is 17.3. The maximum absolute atomic E-state index is 13.7. The van der Waals surface area contributed by atoms with E-state index >= 15 is 0 Å². The van der Waals surface area contributed by atoms with Gasteiger partial charge in [-0.2, -0.15) is 10.4 Å². The summed E-state index contributed by atoms with van der Waals surface area (Å²) in [6.07, 6.45) is 6.97. The van der Waals surface area contributed by atoms with Crippen LogP contribution in [0, 0.1) is 22.7 Å². The second-order valence-corrected chi connectivity index (χ2v) is 9.94. The number of aromatic nitrogens is 2. The van der Waals surface area contributed by atoms with E-state index in [2.05, 4.69) is 49.4 Å². The van der Waals surface area contributed by atoms with E-state index in [4.69, 9.17) is 0 Å². The van der Waals surface area contributed by atoms with Crippen molar-refractivity contribution in [1.29, 1.82) is 5.26 Å². The number of nitriles is 1. The molecule has 2 aromatic carbocycles. The smallest absolute Gasteiger partial charge is 0.249 e. The number of benzene rings is 2. The standard InChI is InChI=1S/C30H26N4O2/c1-30(2,3)24-16-10-15-21-22(24)17-25-26(21)27(33-34(25)20-13-8-5-9-14-20)28(35)23(18-31)29(36)32-19-11-6-4-7-12-19/h4-14,16-17,23H,15H2,1-3H3,(H,32,36). The fraction of sp³-hybridized carbons (Fsp3) is 0.200. The van der Waals surface area contributed by atoms with E-state index in [1.165, 1.54) is 5.57 Å². The summed E-state index contributed by atoms with van der Waals surface area (Å²) < 4.78 is 1.74. The summed E-state index contributed by atoms with van der Waals surface area (Å²) in [6, 6.07) is 20.3. The number of amides is 1. The SMILES string of the molecule is CC(C)(C)C1=C2C=c3c(c(C(=O)C(C#N)C(=O)Nc4ccccc4)nn3-c3ccccc3)=C2CC=C1. The number of hydrogen-bond acceptors (Lipinski definition) is 4. The van der Waals surface area contributed by atoms with Gasteiger partial charge in [0.05, 0.1) is 17.1 Å². The number of rotatable bonds is 5. The quantitative estimate of drug-likeness (QED) is 0.446. The van der Waals surface area contributed by atoms with Crippen LogP contribution in [0.5, 0.6) is 0 Å². The third-order valence-electron chi connectivity index (χ3n) is 6.46. The highest BCUT2D eigenvalue weighted by atomic mass is 16.2. The number of ketones is 1.